The molecule has 0 bridgehead atoms. The molecule has 3 rings (SSSR count). The minimum absolute atomic E-state index is 0.0406. The number of anilines is 2. The van der Waals surface area contributed by atoms with Crippen molar-refractivity contribution in [3.63, 3.8) is 0 Å². The Morgan fingerprint density at radius 1 is 1.03 bits per heavy atom. The lowest BCUT2D eigenvalue weighted by atomic mass is 10.1. The van der Waals surface area contributed by atoms with Gasteiger partial charge in [-0.2, -0.15) is 0 Å². The van der Waals surface area contributed by atoms with Crippen LogP contribution in [0.2, 0.25) is 0 Å². The smallest absolute Gasteiger partial charge is 0.238 e. The molecule has 6 nitrogen and oxygen atoms in total. The molecular formula is C23H29N3O3. The van der Waals surface area contributed by atoms with Gasteiger partial charge >= 0.3 is 0 Å². The number of aryl methyl sites for hydroxylation is 2. The molecule has 2 N–H and O–H groups in total. The molecule has 2 aromatic rings. The third-order valence-corrected chi connectivity index (χ3v) is 5.08. The van der Waals surface area contributed by atoms with Crippen LogP contribution < -0.4 is 15.4 Å². The van der Waals surface area contributed by atoms with Crippen molar-refractivity contribution in [2.45, 2.75) is 39.2 Å². The van der Waals surface area contributed by atoms with Gasteiger partial charge < -0.3 is 15.4 Å². The second kappa shape index (κ2) is 9.56. The Labute approximate surface area is 172 Å². The van der Waals surface area contributed by atoms with Crippen LogP contribution in [0.3, 0.4) is 0 Å². The van der Waals surface area contributed by atoms with E-state index >= 15 is 0 Å². The third kappa shape index (κ3) is 6.32. The van der Waals surface area contributed by atoms with Crippen LogP contribution in [0.25, 0.3) is 0 Å². The van der Waals surface area contributed by atoms with E-state index in [9.17, 15) is 9.59 Å². The number of hydrogen-bond acceptors (Lipinski definition) is 4. The quantitative estimate of drug-likeness (QED) is 0.679. The van der Waals surface area contributed by atoms with Crippen LogP contribution in [0.5, 0.6) is 5.75 Å². The lowest BCUT2D eigenvalue weighted by molar-refractivity contribution is -0.119. The minimum atomic E-state index is -0.0595. The summed E-state index contributed by atoms with van der Waals surface area (Å²) in [5.41, 5.74) is 3.74. The zero-order valence-electron chi connectivity index (χ0n) is 17.3. The van der Waals surface area contributed by atoms with Crippen molar-refractivity contribution in [2.24, 2.45) is 0 Å². The molecule has 0 atom stereocenters. The maximum Gasteiger partial charge on any atom is 0.238 e. The fourth-order valence-corrected chi connectivity index (χ4v) is 3.22. The molecule has 0 spiro atoms. The van der Waals surface area contributed by atoms with Gasteiger partial charge in [0.2, 0.25) is 11.8 Å². The summed E-state index contributed by atoms with van der Waals surface area (Å²) in [6, 6.07) is 13.7. The number of hydrogen-bond donors (Lipinski definition) is 2. The average molecular weight is 396 g/mol. The van der Waals surface area contributed by atoms with E-state index in [1.54, 1.807) is 7.11 Å². The molecule has 2 amide bonds. The second-order valence-electron chi connectivity index (χ2n) is 7.59. The van der Waals surface area contributed by atoms with Crippen molar-refractivity contribution in [2.75, 3.05) is 30.8 Å². The van der Waals surface area contributed by atoms with Crippen molar-refractivity contribution in [3.8, 4) is 5.75 Å². The largest absolute Gasteiger partial charge is 0.497 e. The molecule has 154 valence electrons. The van der Waals surface area contributed by atoms with Crippen molar-refractivity contribution < 1.29 is 14.3 Å². The predicted molar refractivity (Wildman–Crippen MR) is 115 cm³/mol. The molecule has 6 heteroatoms. The van der Waals surface area contributed by atoms with Crippen molar-refractivity contribution >= 4 is 23.2 Å². The Bertz CT molecular complexity index is 860. The highest BCUT2D eigenvalue weighted by molar-refractivity contribution is 5.93. The van der Waals surface area contributed by atoms with Crippen LogP contribution >= 0.6 is 0 Å². The Balaban J connectivity index is 1.50. The van der Waals surface area contributed by atoms with Crippen LogP contribution in [-0.4, -0.2) is 43.0 Å². The van der Waals surface area contributed by atoms with Gasteiger partial charge in [0.25, 0.3) is 0 Å². The monoisotopic (exact) mass is 395 g/mol. The van der Waals surface area contributed by atoms with Gasteiger partial charge in [-0.1, -0.05) is 12.1 Å². The van der Waals surface area contributed by atoms with Gasteiger partial charge in [0, 0.05) is 30.4 Å². The number of rotatable bonds is 9. The molecule has 0 saturated heterocycles. The number of methoxy groups -OCH3 is 1. The Morgan fingerprint density at radius 2 is 1.76 bits per heavy atom. The fourth-order valence-electron chi connectivity index (χ4n) is 3.22. The van der Waals surface area contributed by atoms with E-state index in [2.05, 4.69) is 15.5 Å². The molecule has 0 aromatic heterocycles. The highest BCUT2D eigenvalue weighted by Crippen LogP contribution is 2.27. The van der Waals surface area contributed by atoms with E-state index < -0.39 is 0 Å². The maximum atomic E-state index is 12.5. The molecular weight excluding hydrogens is 366 g/mol. The predicted octanol–water partition coefficient (Wildman–Crippen LogP) is 3.74. The Hall–Kier alpha value is -2.86. The zero-order valence-corrected chi connectivity index (χ0v) is 17.3. The highest BCUT2D eigenvalue weighted by Gasteiger charge is 2.30. The van der Waals surface area contributed by atoms with Gasteiger partial charge in [-0.05, 0) is 68.1 Å². The summed E-state index contributed by atoms with van der Waals surface area (Å²) in [6.07, 6.45) is 2.51. The summed E-state index contributed by atoms with van der Waals surface area (Å²) in [5, 5.41) is 5.90. The van der Waals surface area contributed by atoms with Crippen LogP contribution in [0.1, 0.15) is 30.4 Å². The van der Waals surface area contributed by atoms with Crippen molar-refractivity contribution in [3.05, 3.63) is 53.6 Å². The fraction of sp³-hybridized carbons (Fsp3) is 0.391. The van der Waals surface area contributed by atoms with E-state index in [0.717, 1.165) is 41.1 Å². The topological polar surface area (TPSA) is 70.7 Å². The number of nitrogens with zero attached hydrogens (tertiary/aromatic N) is 1. The summed E-state index contributed by atoms with van der Waals surface area (Å²) in [6.45, 7) is 4.85. The Kier molecular flexibility index (Phi) is 6.88. The van der Waals surface area contributed by atoms with Crippen molar-refractivity contribution in [1.82, 2.24) is 4.90 Å². The number of amides is 2. The van der Waals surface area contributed by atoms with Gasteiger partial charge in [0.15, 0.2) is 0 Å². The van der Waals surface area contributed by atoms with E-state index in [4.69, 9.17) is 4.74 Å². The first-order valence-electron chi connectivity index (χ1n) is 9.99. The second-order valence-corrected chi connectivity index (χ2v) is 7.59. The van der Waals surface area contributed by atoms with Gasteiger partial charge in [-0.3, -0.25) is 14.5 Å². The molecule has 1 fully saturated rings. The normalized spacial score (nSPS) is 13.2. The molecule has 0 radical (unpaired) electrons. The first-order chi connectivity index (χ1) is 13.9. The Morgan fingerprint density at radius 3 is 2.41 bits per heavy atom. The number of benzene rings is 2. The lowest BCUT2D eigenvalue weighted by Gasteiger charge is -2.21. The van der Waals surface area contributed by atoms with Crippen LogP contribution in [0.15, 0.2) is 42.5 Å². The zero-order chi connectivity index (χ0) is 20.8. The summed E-state index contributed by atoms with van der Waals surface area (Å²) in [4.78, 5) is 27.0. The molecule has 0 unspecified atom stereocenters. The van der Waals surface area contributed by atoms with Crippen LogP contribution in [0.4, 0.5) is 11.4 Å². The molecule has 0 heterocycles. The van der Waals surface area contributed by atoms with Gasteiger partial charge in [-0.15, -0.1) is 0 Å². The molecule has 2 aromatic carbocycles. The molecule has 1 saturated carbocycles. The first kappa shape index (κ1) is 20.9. The summed E-state index contributed by atoms with van der Waals surface area (Å²) in [5.74, 6) is 0.648. The first-order valence-corrected chi connectivity index (χ1v) is 9.99. The number of ether oxygens (including phenoxy) is 1. The number of nitrogens with one attached hydrogen (secondary N) is 2. The number of carbonyl (C=O) groups excluding carboxylic acids is 2. The summed E-state index contributed by atoms with van der Waals surface area (Å²) < 4.78 is 5.12. The summed E-state index contributed by atoms with van der Waals surface area (Å²) in [7, 11) is 1.61. The van der Waals surface area contributed by atoms with Crippen LogP contribution in [0, 0.1) is 13.8 Å². The molecule has 29 heavy (non-hydrogen) atoms. The molecule has 1 aliphatic carbocycles. The third-order valence-electron chi connectivity index (χ3n) is 5.08. The summed E-state index contributed by atoms with van der Waals surface area (Å²) >= 11 is 0. The lowest BCUT2D eigenvalue weighted by Crippen LogP contribution is -2.37. The molecule has 0 aliphatic heterocycles. The SMILES string of the molecule is COc1ccc(NC(=O)CCN(CC(=O)Nc2cc(C)ccc2C)C2CC2)cc1. The van der Waals surface area contributed by atoms with E-state index in [1.165, 1.54) is 0 Å². The van der Waals surface area contributed by atoms with Gasteiger partial charge in [0.05, 0.1) is 13.7 Å². The van der Waals surface area contributed by atoms with Crippen molar-refractivity contribution in [1.29, 1.82) is 0 Å². The average Bonchev–Trinajstić information content (AvgIpc) is 3.54. The van der Waals surface area contributed by atoms with Gasteiger partial charge in [0.1, 0.15) is 5.75 Å². The van der Waals surface area contributed by atoms with E-state index in [1.807, 2.05) is 56.3 Å². The van der Waals surface area contributed by atoms with Crippen LogP contribution in [-0.2, 0) is 9.59 Å². The van der Waals surface area contributed by atoms with E-state index in [-0.39, 0.29) is 11.8 Å². The minimum Gasteiger partial charge on any atom is -0.497 e. The molecule has 1 aliphatic rings. The van der Waals surface area contributed by atoms with Gasteiger partial charge in [-0.25, -0.2) is 0 Å². The standard InChI is InChI=1S/C23H29N3O3/c1-16-4-5-17(2)21(14-16)25-23(28)15-26(19-8-9-19)13-12-22(27)24-18-6-10-20(29-3)11-7-18/h4-7,10-11,14,19H,8-9,12-13,15H2,1-3H3,(H,24,27)(H,25,28). The van der Waals surface area contributed by atoms with E-state index in [0.29, 0.717) is 25.6 Å². The maximum absolute atomic E-state index is 12.5. The number of carbonyl (C=O) groups is 2. The highest BCUT2D eigenvalue weighted by atomic mass is 16.5.